The number of para-hydroxylation sites is 1. The summed E-state index contributed by atoms with van der Waals surface area (Å²) in [4.78, 5) is 24.4. The summed E-state index contributed by atoms with van der Waals surface area (Å²) in [6.07, 6.45) is 0. The van der Waals surface area contributed by atoms with Crippen molar-refractivity contribution in [1.82, 2.24) is 0 Å². The van der Waals surface area contributed by atoms with Gasteiger partial charge in [0, 0.05) is 0 Å². The van der Waals surface area contributed by atoms with Crippen molar-refractivity contribution in [3.05, 3.63) is 29.8 Å². The lowest BCUT2D eigenvalue weighted by Gasteiger charge is -2.25. The van der Waals surface area contributed by atoms with Crippen molar-refractivity contribution in [1.29, 1.82) is 5.26 Å². The zero-order chi connectivity index (χ0) is 11.5. The Morgan fingerprint density at radius 1 is 1.19 bits per heavy atom. The van der Waals surface area contributed by atoms with E-state index >= 15 is 0 Å². The van der Waals surface area contributed by atoms with Crippen molar-refractivity contribution < 1.29 is 9.59 Å². The van der Waals surface area contributed by atoms with E-state index in [1.54, 1.807) is 24.3 Å². The first kappa shape index (κ1) is 10.7. The van der Waals surface area contributed by atoms with Gasteiger partial charge < -0.3 is 0 Å². The summed E-state index contributed by atoms with van der Waals surface area (Å²) >= 11 is 1.30. The Balaban J connectivity index is 2.46. The molecule has 0 unspecified atom stereocenters. The molecule has 0 aromatic heterocycles. The van der Waals surface area contributed by atoms with E-state index in [0.29, 0.717) is 11.3 Å². The number of hydrogen-bond donors (Lipinski definition) is 0. The second kappa shape index (κ2) is 4.37. The molecule has 1 aromatic rings. The van der Waals surface area contributed by atoms with E-state index in [9.17, 15) is 9.59 Å². The highest BCUT2D eigenvalue weighted by atomic mass is 32.2. The molecule has 1 heterocycles. The summed E-state index contributed by atoms with van der Waals surface area (Å²) in [6.45, 7) is 0. The first-order valence-electron chi connectivity index (χ1n) is 4.66. The molecular weight excluding hydrogens is 224 g/mol. The number of benzene rings is 1. The molecule has 0 radical (unpaired) electrons. The molecule has 80 valence electrons. The zero-order valence-corrected chi connectivity index (χ0v) is 9.16. The summed E-state index contributed by atoms with van der Waals surface area (Å²) in [5, 5.41) is 8.92. The number of rotatable bonds is 1. The maximum atomic E-state index is 11.6. The Labute approximate surface area is 96.8 Å². The molecule has 0 atom stereocenters. The highest BCUT2D eigenvalue weighted by Gasteiger charge is 2.29. The van der Waals surface area contributed by atoms with Crippen LogP contribution in [0.3, 0.4) is 0 Å². The van der Waals surface area contributed by atoms with Crippen LogP contribution in [0.25, 0.3) is 0 Å². The van der Waals surface area contributed by atoms with Gasteiger partial charge in [0.2, 0.25) is 11.8 Å². The first-order chi connectivity index (χ1) is 7.74. The second-order valence-electron chi connectivity index (χ2n) is 3.24. The average molecular weight is 232 g/mol. The molecular formula is C11H8N2O2S. The van der Waals surface area contributed by atoms with Gasteiger partial charge in [0.15, 0.2) is 0 Å². The van der Waals surface area contributed by atoms with E-state index in [1.807, 2.05) is 6.07 Å². The number of nitriles is 1. The fourth-order valence-electron chi connectivity index (χ4n) is 1.53. The van der Waals surface area contributed by atoms with Gasteiger partial charge in [0.1, 0.15) is 6.07 Å². The van der Waals surface area contributed by atoms with Crippen molar-refractivity contribution in [3.63, 3.8) is 0 Å². The van der Waals surface area contributed by atoms with Crippen LogP contribution >= 0.6 is 11.8 Å². The molecule has 0 N–H and O–H groups in total. The predicted octanol–water partition coefficient (Wildman–Crippen LogP) is 1.16. The monoisotopic (exact) mass is 232 g/mol. The summed E-state index contributed by atoms with van der Waals surface area (Å²) < 4.78 is 0. The van der Waals surface area contributed by atoms with Crippen LogP contribution in [0.1, 0.15) is 5.56 Å². The fourth-order valence-corrected chi connectivity index (χ4v) is 2.24. The number of carbonyl (C=O) groups is 2. The Kier molecular flexibility index (Phi) is 2.93. The van der Waals surface area contributed by atoms with Crippen LogP contribution in [0, 0.1) is 11.3 Å². The van der Waals surface area contributed by atoms with Crippen LogP contribution in [-0.2, 0) is 9.59 Å². The molecule has 2 rings (SSSR count). The van der Waals surface area contributed by atoms with Crippen LogP contribution in [0.2, 0.25) is 0 Å². The van der Waals surface area contributed by atoms with Gasteiger partial charge in [0.05, 0.1) is 22.8 Å². The number of amides is 2. The molecule has 1 aliphatic rings. The van der Waals surface area contributed by atoms with E-state index in [-0.39, 0.29) is 23.3 Å². The second-order valence-corrected chi connectivity index (χ2v) is 4.23. The van der Waals surface area contributed by atoms with E-state index in [1.165, 1.54) is 11.8 Å². The third-order valence-electron chi connectivity index (χ3n) is 2.22. The highest BCUT2D eigenvalue weighted by molar-refractivity contribution is 8.00. The SMILES string of the molecule is N#Cc1ccccc1N1C(=O)CSCC1=O. The van der Waals surface area contributed by atoms with Gasteiger partial charge in [-0.1, -0.05) is 12.1 Å². The summed E-state index contributed by atoms with van der Waals surface area (Å²) in [7, 11) is 0. The lowest BCUT2D eigenvalue weighted by Crippen LogP contribution is -2.43. The van der Waals surface area contributed by atoms with E-state index < -0.39 is 0 Å². The average Bonchev–Trinajstić information content (AvgIpc) is 2.29. The van der Waals surface area contributed by atoms with Gasteiger partial charge >= 0.3 is 0 Å². The molecule has 0 spiro atoms. The maximum absolute atomic E-state index is 11.6. The van der Waals surface area contributed by atoms with Gasteiger partial charge in [-0.05, 0) is 12.1 Å². The molecule has 1 fully saturated rings. The smallest absolute Gasteiger partial charge is 0.243 e. The predicted molar refractivity (Wildman–Crippen MR) is 61.0 cm³/mol. The van der Waals surface area contributed by atoms with Gasteiger partial charge in [0.25, 0.3) is 0 Å². The molecule has 1 aliphatic heterocycles. The minimum Gasteiger partial charge on any atom is -0.273 e. The maximum Gasteiger partial charge on any atom is 0.243 e. The third-order valence-corrected chi connectivity index (χ3v) is 3.12. The van der Waals surface area contributed by atoms with Crippen LogP contribution in [0.4, 0.5) is 5.69 Å². The van der Waals surface area contributed by atoms with Crippen LogP contribution in [0.5, 0.6) is 0 Å². The summed E-state index contributed by atoms with van der Waals surface area (Å²) in [5.74, 6) is 0.0460. The van der Waals surface area contributed by atoms with Gasteiger partial charge in [-0.25, -0.2) is 4.90 Å². The van der Waals surface area contributed by atoms with Crippen LogP contribution in [0.15, 0.2) is 24.3 Å². The molecule has 1 saturated heterocycles. The Morgan fingerprint density at radius 3 is 2.44 bits per heavy atom. The number of thioether (sulfide) groups is 1. The normalized spacial score (nSPS) is 16.1. The minimum absolute atomic E-state index is 0.260. The third kappa shape index (κ3) is 1.79. The number of hydrogen-bond acceptors (Lipinski definition) is 4. The van der Waals surface area contributed by atoms with Gasteiger partial charge in [-0.3, -0.25) is 9.59 Å². The summed E-state index contributed by atoms with van der Waals surface area (Å²) in [5.41, 5.74) is 0.733. The van der Waals surface area contributed by atoms with Crippen molar-refractivity contribution in [3.8, 4) is 6.07 Å². The van der Waals surface area contributed by atoms with E-state index in [2.05, 4.69) is 0 Å². The fraction of sp³-hybridized carbons (Fsp3) is 0.182. The molecule has 2 amide bonds. The molecule has 1 aromatic carbocycles. The highest BCUT2D eigenvalue weighted by Crippen LogP contribution is 2.24. The van der Waals surface area contributed by atoms with Gasteiger partial charge in [-0.15, -0.1) is 11.8 Å². The van der Waals surface area contributed by atoms with Crippen LogP contribution in [-0.4, -0.2) is 23.3 Å². The molecule has 0 saturated carbocycles. The van der Waals surface area contributed by atoms with Crippen LogP contribution < -0.4 is 4.90 Å². The minimum atomic E-state index is -0.260. The molecule has 0 bridgehead atoms. The van der Waals surface area contributed by atoms with E-state index in [4.69, 9.17) is 5.26 Å². The largest absolute Gasteiger partial charge is 0.273 e. The quantitative estimate of drug-likeness (QED) is 0.682. The zero-order valence-electron chi connectivity index (χ0n) is 8.34. The van der Waals surface area contributed by atoms with Gasteiger partial charge in [-0.2, -0.15) is 5.26 Å². The lowest BCUT2D eigenvalue weighted by molar-refractivity contribution is -0.124. The molecule has 0 aliphatic carbocycles. The first-order valence-corrected chi connectivity index (χ1v) is 5.82. The van der Waals surface area contributed by atoms with E-state index in [0.717, 1.165) is 4.90 Å². The Bertz CT molecular complexity index is 477. The lowest BCUT2D eigenvalue weighted by atomic mass is 10.1. The standard InChI is InChI=1S/C11H8N2O2S/c12-5-8-3-1-2-4-9(8)13-10(14)6-16-7-11(13)15/h1-4H,6-7H2. The number of anilines is 1. The number of carbonyl (C=O) groups excluding carboxylic acids is 2. The Hall–Kier alpha value is -1.80. The van der Waals surface area contributed by atoms with Crippen molar-refractivity contribution in [2.45, 2.75) is 0 Å². The Morgan fingerprint density at radius 2 is 1.81 bits per heavy atom. The topological polar surface area (TPSA) is 61.2 Å². The van der Waals surface area contributed by atoms with Crippen molar-refractivity contribution in [2.24, 2.45) is 0 Å². The number of nitrogens with zero attached hydrogens (tertiary/aromatic N) is 2. The van der Waals surface area contributed by atoms with Crippen molar-refractivity contribution >= 4 is 29.3 Å². The number of imide groups is 1. The molecule has 5 heteroatoms. The molecule has 16 heavy (non-hydrogen) atoms. The summed E-state index contributed by atoms with van der Waals surface area (Å²) in [6, 6.07) is 8.60. The molecule has 4 nitrogen and oxygen atoms in total. The van der Waals surface area contributed by atoms with Crippen molar-refractivity contribution in [2.75, 3.05) is 16.4 Å².